The van der Waals surface area contributed by atoms with Crippen molar-refractivity contribution in [2.45, 2.75) is 19.3 Å². The molecule has 5 rings (SSSR count). The van der Waals surface area contributed by atoms with Gasteiger partial charge in [-0.3, -0.25) is 4.79 Å². The Morgan fingerprint density at radius 3 is 2.50 bits per heavy atom. The number of benzene rings is 2. The zero-order valence-corrected chi connectivity index (χ0v) is 19.7. The summed E-state index contributed by atoms with van der Waals surface area (Å²) in [6, 6.07) is 23.7. The minimum Gasteiger partial charge on any atom is -0.452 e. The van der Waals surface area contributed by atoms with Crippen LogP contribution in [0.15, 0.2) is 78.2 Å². The smallest absolute Gasteiger partial charge is 0.339 e. The Kier molecular flexibility index (Phi) is 6.67. The van der Waals surface area contributed by atoms with E-state index in [1.807, 2.05) is 52.7 Å². The number of amides is 1. The van der Waals surface area contributed by atoms with Crippen LogP contribution >= 0.6 is 11.3 Å². The minimum atomic E-state index is -0.497. The monoisotopic (exact) mass is 470 g/mol. The number of aromatic nitrogens is 1. The molecule has 0 N–H and O–H groups in total. The van der Waals surface area contributed by atoms with E-state index in [4.69, 9.17) is 9.72 Å². The van der Waals surface area contributed by atoms with Gasteiger partial charge in [0.2, 0.25) is 0 Å². The lowest BCUT2D eigenvalue weighted by molar-refractivity contribution is -0.135. The minimum absolute atomic E-state index is 0.136. The van der Waals surface area contributed by atoms with Gasteiger partial charge in [0.15, 0.2) is 6.61 Å². The summed E-state index contributed by atoms with van der Waals surface area (Å²) < 4.78 is 5.49. The summed E-state index contributed by atoms with van der Waals surface area (Å²) in [6.07, 6.45) is 2.97. The predicted octanol–water partition coefficient (Wildman–Crippen LogP) is 5.60. The molecule has 1 fully saturated rings. The normalized spacial score (nSPS) is 14.3. The van der Waals surface area contributed by atoms with Crippen molar-refractivity contribution < 1.29 is 14.3 Å². The van der Waals surface area contributed by atoms with Crippen LogP contribution in [-0.2, 0) is 16.0 Å². The standard InChI is InChI=1S/C28H26N2O3S/c31-27(30-14-12-21(13-15-30)17-20-7-2-1-3-8-20)19-33-28(32)23-18-25(26-11-6-16-34-26)29-24-10-5-4-9-22(23)24/h1-11,16,18,21H,12-15,17,19H2. The molecule has 172 valence electrons. The van der Waals surface area contributed by atoms with Gasteiger partial charge >= 0.3 is 5.97 Å². The molecule has 1 aliphatic heterocycles. The van der Waals surface area contributed by atoms with Crippen molar-refractivity contribution in [2.24, 2.45) is 5.92 Å². The molecule has 0 aliphatic carbocycles. The molecule has 0 saturated carbocycles. The maximum absolute atomic E-state index is 13.0. The van der Waals surface area contributed by atoms with Crippen molar-refractivity contribution in [2.75, 3.05) is 19.7 Å². The number of likely N-dealkylation sites (tertiary alicyclic amines) is 1. The van der Waals surface area contributed by atoms with Crippen LogP contribution in [0.3, 0.4) is 0 Å². The first kappa shape index (κ1) is 22.3. The second-order valence-electron chi connectivity index (χ2n) is 8.64. The Labute approximate surface area is 203 Å². The molecule has 0 spiro atoms. The number of hydrogen-bond donors (Lipinski definition) is 0. The fourth-order valence-corrected chi connectivity index (χ4v) is 5.21. The van der Waals surface area contributed by atoms with Crippen LogP contribution in [0.25, 0.3) is 21.5 Å². The highest BCUT2D eigenvalue weighted by Crippen LogP contribution is 2.28. The third kappa shape index (κ3) is 5.02. The lowest BCUT2D eigenvalue weighted by atomic mass is 9.90. The Bertz CT molecular complexity index is 1280. The molecule has 4 aromatic rings. The van der Waals surface area contributed by atoms with Crippen molar-refractivity contribution in [3.63, 3.8) is 0 Å². The van der Waals surface area contributed by atoms with E-state index < -0.39 is 5.97 Å². The highest BCUT2D eigenvalue weighted by Gasteiger charge is 2.24. The van der Waals surface area contributed by atoms with Crippen molar-refractivity contribution in [3.05, 3.63) is 89.3 Å². The zero-order chi connectivity index (χ0) is 23.3. The molecule has 1 saturated heterocycles. The zero-order valence-electron chi connectivity index (χ0n) is 18.9. The van der Waals surface area contributed by atoms with E-state index in [0.717, 1.165) is 40.7 Å². The molecule has 0 unspecified atom stereocenters. The molecule has 1 aliphatic rings. The van der Waals surface area contributed by atoms with E-state index >= 15 is 0 Å². The summed E-state index contributed by atoms with van der Waals surface area (Å²) in [5.41, 5.74) is 3.23. The second-order valence-corrected chi connectivity index (χ2v) is 9.59. The van der Waals surface area contributed by atoms with Crippen molar-refractivity contribution >= 4 is 34.1 Å². The summed E-state index contributed by atoms with van der Waals surface area (Å²) in [7, 11) is 0. The Balaban J connectivity index is 1.21. The van der Waals surface area contributed by atoms with Crippen molar-refractivity contribution in [1.82, 2.24) is 9.88 Å². The molecule has 6 heteroatoms. The number of para-hydroxylation sites is 1. The number of thiophene rings is 1. The number of esters is 1. The van der Waals surface area contributed by atoms with Gasteiger partial charge in [-0.2, -0.15) is 0 Å². The molecule has 2 aromatic carbocycles. The van der Waals surface area contributed by atoms with Crippen molar-refractivity contribution in [3.8, 4) is 10.6 Å². The first-order valence-electron chi connectivity index (χ1n) is 11.6. The molecule has 0 atom stereocenters. The lowest BCUT2D eigenvalue weighted by Gasteiger charge is -2.32. The number of rotatable bonds is 6. The van der Waals surface area contributed by atoms with Gasteiger partial charge < -0.3 is 9.64 Å². The fraction of sp³-hybridized carbons (Fsp3) is 0.250. The van der Waals surface area contributed by atoms with Crippen molar-refractivity contribution in [1.29, 1.82) is 0 Å². The average molecular weight is 471 g/mol. The highest BCUT2D eigenvalue weighted by atomic mass is 32.1. The SMILES string of the molecule is O=C(OCC(=O)N1CCC(Cc2ccccc2)CC1)c1cc(-c2cccs2)nc2ccccc12. The van der Waals surface area contributed by atoms with E-state index in [2.05, 4.69) is 24.3 Å². The number of fused-ring (bicyclic) bond motifs is 1. The molecular weight excluding hydrogens is 444 g/mol. The largest absolute Gasteiger partial charge is 0.452 e. The van der Waals surface area contributed by atoms with Gasteiger partial charge in [0.25, 0.3) is 5.91 Å². The van der Waals surface area contributed by atoms with E-state index in [1.54, 1.807) is 17.4 Å². The van der Waals surface area contributed by atoms with E-state index in [0.29, 0.717) is 24.6 Å². The fourth-order valence-electron chi connectivity index (χ4n) is 4.53. The van der Waals surface area contributed by atoms with Crippen LogP contribution in [0.1, 0.15) is 28.8 Å². The molecular formula is C28H26N2O3S. The van der Waals surface area contributed by atoms with Crippen LogP contribution in [-0.4, -0.2) is 41.5 Å². The number of nitrogens with zero attached hydrogens (tertiary/aromatic N) is 2. The van der Waals surface area contributed by atoms with Crippen LogP contribution in [0, 0.1) is 5.92 Å². The van der Waals surface area contributed by atoms with Crippen LogP contribution < -0.4 is 0 Å². The number of pyridine rings is 1. The molecule has 0 radical (unpaired) electrons. The number of carbonyl (C=O) groups is 2. The summed E-state index contributed by atoms with van der Waals surface area (Å²) in [4.78, 5) is 33.3. The Morgan fingerprint density at radius 2 is 1.74 bits per heavy atom. The van der Waals surface area contributed by atoms with E-state index in [1.165, 1.54) is 5.56 Å². The average Bonchev–Trinajstić information content (AvgIpc) is 3.43. The topological polar surface area (TPSA) is 59.5 Å². The quantitative estimate of drug-likeness (QED) is 0.344. The maximum atomic E-state index is 13.0. The van der Waals surface area contributed by atoms with Gasteiger partial charge in [-0.25, -0.2) is 9.78 Å². The van der Waals surface area contributed by atoms with Gasteiger partial charge in [-0.15, -0.1) is 11.3 Å². The Morgan fingerprint density at radius 1 is 0.971 bits per heavy atom. The van der Waals surface area contributed by atoms with E-state index in [-0.39, 0.29) is 12.5 Å². The predicted molar refractivity (Wildman–Crippen MR) is 135 cm³/mol. The number of hydrogen-bond acceptors (Lipinski definition) is 5. The molecule has 0 bridgehead atoms. The molecule has 1 amide bonds. The molecule has 5 nitrogen and oxygen atoms in total. The first-order chi connectivity index (χ1) is 16.7. The van der Waals surface area contributed by atoms with Crippen LogP contribution in [0.2, 0.25) is 0 Å². The van der Waals surface area contributed by atoms with Gasteiger partial charge in [-0.1, -0.05) is 54.6 Å². The summed E-state index contributed by atoms with van der Waals surface area (Å²) in [6.45, 7) is 1.16. The second kappa shape index (κ2) is 10.2. The lowest BCUT2D eigenvalue weighted by Crippen LogP contribution is -2.41. The maximum Gasteiger partial charge on any atom is 0.339 e. The highest BCUT2D eigenvalue weighted by molar-refractivity contribution is 7.13. The summed E-state index contributed by atoms with van der Waals surface area (Å²) >= 11 is 1.57. The third-order valence-corrected chi connectivity index (χ3v) is 7.26. The van der Waals surface area contributed by atoms with E-state index in [9.17, 15) is 9.59 Å². The Hall–Kier alpha value is -3.51. The molecule has 3 heterocycles. The van der Waals surface area contributed by atoms with Gasteiger partial charge in [-0.05, 0) is 54.3 Å². The molecule has 34 heavy (non-hydrogen) atoms. The van der Waals surface area contributed by atoms with Gasteiger partial charge in [0, 0.05) is 18.5 Å². The number of piperidine rings is 1. The third-order valence-electron chi connectivity index (χ3n) is 6.37. The first-order valence-corrected chi connectivity index (χ1v) is 12.5. The van der Waals surface area contributed by atoms with Gasteiger partial charge in [0.05, 0.1) is 21.7 Å². The number of carbonyl (C=O) groups excluding carboxylic acids is 2. The summed E-state index contributed by atoms with van der Waals surface area (Å²) in [5.74, 6) is -0.0556. The van der Waals surface area contributed by atoms with Crippen LogP contribution in [0.4, 0.5) is 0 Å². The molecule has 2 aromatic heterocycles. The number of ether oxygens (including phenoxy) is 1. The van der Waals surface area contributed by atoms with Crippen LogP contribution in [0.5, 0.6) is 0 Å². The van der Waals surface area contributed by atoms with Gasteiger partial charge in [0.1, 0.15) is 0 Å². The summed E-state index contributed by atoms with van der Waals surface area (Å²) in [5, 5.41) is 2.70.